The smallest absolute Gasteiger partial charge is 0.159 e. The maximum Gasteiger partial charge on any atom is 0.159 e. The molecule has 0 aromatic heterocycles. The van der Waals surface area contributed by atoms with Crippen LogP contribution in [0.3, 0.4) is 0 Å². The third kappa shape index (κ3) is 3.56. The van der Waals surface area contributed by atoms with E-state index in [2.05, 4.69) is 13.8 Å². The Morgan fingerprint density at radius 1 is 1.25 bits per heavy atom. The molecule has 0 bridgehead atoms. The molecule has 1 nitrogen and oxygen atoms in total. The van der Waals surface area contributed by atoms with E-state index in [0.29, 0.717) is 12.3 Å². The summed E-state index contributed by atoms with van der Waals surface area (Å²) in [6, 6.07) is 3.98. The average molecular weight is 227 g/mol. The molecule has 3 heteroatoms. The normalized spacial score (nSPS) is 14.8. The number of hydrogen-bond donors (Lipinski definition) is 1. The largest absolute Gasteiger partial charge is 0.327 e. The van der Waals surface area contributed by atoms with Crippen LogP contribution in [-0.2, 0) is 6.42 Å². The molecule has 0 fully saturated rings. The molecule has 16 heavy (non-hydrogen) atoms. The highest BCUT2D eigenvalue weighted by atomic mass is 19.2. The zero-order chi connectivity index (χ0) is 12.1. The molecule has 1 aromatic carbocycles. The molecule has 0 spiro atoms. The second kappa shape index (κ2) is 5.94. The van der Waals surface area contributed by atoms with Crippen molar-refractivity contribution in [2.45, 2.75) is 39.2 Å². The minimum Gasteiger partial charge on any atom is -0.327 e. The third-order valence-corrected chi connectivity index (χ3v) is 2.93. The van der Waals surface area contributed by atoms with Crippen molar-refractivity contribution in [3.8, 4) is 0 Å². The predicted octanol–water partition coefficient (Wildman–Crippen LogP) is 3.27. The maximum atomic E-state index is 13.0. The Morgan fingerprint density at radius 3 is 2.50 bits per heavy atom. The molecule has 1 rings (SSSR count). The van der Waals surface area contributed by atoms with Gasteiger partial charge < -0.3 is 5.73 Å². The summed E-state index contributed by atoms with van der Waals surface area (Å²) in [5.41, 5.74) is 6.77. The van der Waals surface area contributed by atoms with Gasteiger partial charge in [-0.3, -0.25) is 0 Å². The van der Waals surface area contributed by atoms with E-state index in [9.17, 15) is 8.78 Å². The summed E-state index contributed by atoms with van der Waals surface area (Å²) < 4.78 is 25.7. The fourth-order valence-electron chi connectivity index (χ4n) is 1.81. The Morgan fingerprint density at radius 2 is 1.94 bits per heavy atom. The molecule has 2 atom stereocenters. The Labute approximate surface area is 95.7 Å². The van der Waals surface area contributed by atoms with Gasteiger partial charge in [0, 0.05) is 6.04 Å². The summed E-state index contributed by atoms with van der Waals surface area (Å²) >= 11 is 0. The Kier molecular flexibility index (Phi) is 4.87. The zero-order valence-corrected chi connectivity index (χ0v) is 9.84. The monoisotopic (exact) mass is 227 g/mol. The van der Waals surface area contributed by atoms with Gasteiger partial charge in [-0.1, -0.05) is 26.3 Å². The van der Waals surface area contributed by atoms with Crippen LogP contribution in [0.2, 0.25) is 0 Å². The molecule has 0 saturated carbocycles. The van der Waals surface area contributed by atoms with Crippen molar-refractivity contribution in [3.05, 3.63) is 35.4 Å². The van der Waals surface area contributed by atoms with E-state index in [1.54, 1.807) is 6.07 Å². The highest BCUT2D eigenvalue weighted by Crippen LogP contribution is 2.15. The summed E-state index contributed by atoms with van der Waals surface area (Å²) in [7, 11) is 0. The zero-order valence-electron chi connectivity index (χ0n) is 9.84. The Hall–Kier alpha value is -0.960. The average Bonchev–Trinajstić information content (AvgIpc) is 2.24. The molecule has 90 valence electrons. The number of rotatable bonds is 5. The van der Waals surface area contributed by atoms with Crippen LogP contribution in [0.25, 0.3) is 0 Å². The van der Waals surface area contributed by atoms with Gasteiger partial charge in [0.05, 0.1) is 0 Å². The van der Waals surface area contributed by atoms with Gasteiger partial charge >= 0.3 is 0 Å². The number of hydrogen-bond acceptors (Lipinski definition) is 1. The molecule has 1 aromatic rings. The van der Waals surface area contributed by atoms with Crippen LogP contribution in [-0.4, -0.2) is 6.04 Å². The van der Waals surface area contributed by atoms with Gasteiger partial charge in [-0.2, -0.15) is 0 Å². The standard InChI is InChI=1S/C13H19F2N/c1-3-4-9(2)13(16)8-10-5-6-11(14)12(15)7-10/h5-7,9,13H,3-4,8,16H2,1-2H3. The van der Waals surface area contributed by atoms with Gasteiger partial charge in [-0.25, -0.2) is 8.78 Å². The quantitative estimate of drug-likeness (QED) is 0.820. The first kappa shape index (κ1) is 13.1. The first-order valence-electron chi connectivity index (χ1n) is 5.74. The second-order valence-corrected chi connectivity index (χ2v) is 4.38. The molecule has 2 unspecified atom stereocenters. The van der Waals surface area contributed by atoms with Crippen LogP contribution in [0.5, 0.6) is 0 Å². The SMILES string of the molecule is CCCC(C)C(N)Cc1ccc(F)c(F)c1. The van der Waals surface area contributed by atoms with Crippen LogP contribution in [0.1, 0.15) is 32.3 Å². The molecular formula is C13H19F2N. The van der Waals surface area contributed by atoms with Crippen molar-refractivity contribution in [2.24, 2.45) is 11.7 Å². The van der Waals surface area contributed by atoms with Crippen LogP contribution in [0, 0.1) is 17.6 Å². The molecule has 0 aliphatic rings. The summed E-state index contributed by atoms with van der Waals surface area (Å²) in [5.74, 6) is -1.20. The van der Waals surface area contributed by atoms with Crippen molar-refractivity contribution < 1.29 is 8.78 Å². The van der Waals surface area contributed by atoms with E-state index in [4.69, 9.17) is 5.73 Å². The molecule has 0 aliphatic carbocycles. The number of halogens is 2. The minimum atomic E-state index is -0.807. The second-order valence-electron chi connectivity index (χ2n) is 4.38. The van der Waals surface area contributed by atoms with E-state index < -0.39 is 11.6 Å². The van der Waals surface area contributed by atoms with Crippen molar-refractivity contribution in [1.29, 1.82) is 0 Å². The van der Waals surface area contributed by atoms with Crippen molar-refractivity contribution in [3.63, 3.8) is 0 Å². The van der Waals surface area contributed by atoms with Gasteiger partial charge in [-0.05, 0) is 36.5 Å². The lowest BCUT2D eigenvalue weighted by molar-refractivity contribution is 0.418. The molecule has 0 aliphatic heterocycles. The van der Waals surface area contributed by atoms with E-state index in [1.165, 1.54) is 6.07 Å². The van der Waals surface area contributed by atoms with Crippen LogP contribution in [0.15, 0.2) is 18.2 Å². The summed E-state index contributed by atoms with van der Waals surface area (Å²) in [6.45, 7) is 4.20. The lowest BCUT2D eigenvalue weighted by Crippen LogP contribution is -2.30. The molecule has 0 saturated heterocycles. The van der Waals surface area contributed by atoms with Crippen molar-refractivity contribution >= 4 is 0 Å². The van der Waals surface area contributed by atoms with E-state index in [0.717, 1.165) is 24.5 Å². The Bertz CT molecular complexity index is 339. The molecule has 0 heterocycles. The van der Waals surface area contributed by atoms with Gasteiger partial charge in [-0.15, -0.1) is 0 Å². The van der Waals surface area contributed by atoms with Crippen LogP contribution >= 0.6 is 0 Å². The lowest BCUT2D eigenvalue weighted by atomic mass is 9.92. The predicted molar refractivity (Wildman–Crippen MR) is 62.1 cm³/mol. The van der Waals surface area contributed by atoms with E-state index >= 15 is 0 Å². The topological polar surface area (TPSA) is 26.0 Å². The summed E-state index contributed by atoms with van der Waals surface area (Å²) in [4.78, 5) is 0. The molecular weight excluding hydrogens is 208 g/mol. The highest BCUT2D eigenvalue weighted by molar-refractivity contribution is 5.18. The first-order chi connectivity index (χ1) is 7.54. The van der Waals surface area contributed by atoms with Gasteiger partial charge in [0.1, 0.15) is 0 Å². The van der Waals surface area contributed by atoms with Crippen molar-refractivity contribution in [1.82, 2.24) is 0 Å². The number of benzene rings is 1. The fourth-order valence-corrected chi connectivity index (χ4v) is 1.81. The fraction of sp³-hybridized carbons (Fsp3) is 0.538. The van der Waals surface area contributed by atoms with Gasteiger partial charge in [0.15, 0.2) is 11.6 Å². The molecule has 0 radical (unpaired) electrons. The number of nitrogens with two attached hydrogens (primary N) is 1. The highest BCUT2D eigenvalue weighted by Gasteiger charge is 2.13. The molecule has 0 amide bonds. The van der Waals surface area contributed by atoms with Gasteiger partial charge in [0.25, 0.3) is 0 Å². The third-order valence-electron chi connectivity index (χ3n) is 2.93. The summed E-state index contributed by atoms with van der Waals surface area (Å²) in [5, 5.41) is 0. The van der Waals surface area contributed by atoms with Crippen LogP contribution in [0.4, 0.5) is 8.78 Å². The minimum absolute atomic E-state index is 0.00445. The first-order valence-corrected chi connectivity index (χ1v) is 5.74. The van der Waals surface area contributed by atoms with Crippen molar-refractivity contribution in [2.75, 3.05) is 0 Å². The van der Waals surface area contributed by atoms with E-state index in [1.807, 2.05) is 0 Å². The van der Waals surface area contributed by atoms with Gasteiger partial charge in [0.2, 0.25) is 0 Å². The Balaban J connectivity index is 2.62. The molecule has 2 N–H and O–H groups in total. The maximum absolute atomic E-state index is 13.0. The lowest BCUT2D eigenvalue weighted by Gasteiger charge is -2.19. The van der Waals surface area contributed by atoms with E-state index in [-0.39, 0.29) is 6.04 Å². The summed E-state index contributed by atoms with van der Waals surface area (Å²) in [6.07, 6.45) is 2.75. The van der Waals surface area contributed by atoms with Crippen LogP contribution < -0.4 is 5.73 Å².